The summed E-state index contributed by atoms with van der Waals surface area (Å²) < 4.78 is 126. The van der Waals surface area contributed by atoms with E-state index < -0.39 is 56.3 Å². The molecule has 20 heavy (non-hydrogen) atoms. The van der Waals surface area contributed by atoms with E-state index in [-0.39, 0.29) is 0 Å². The van der Waals surface area contributed by atoms with Crippen molar-refractivity contribution in [2.75, 3.05) is 11.5 Å². The maximum Gasteiger partial charge on any atom is 0.455 e. The van der Waals surface area contributed by atoms with Gasteiger partial charge in [0, 0.05) is 0 Å². The first kappa shape index (κ1) is 17.5. The molecule has 1 fully saturated rings. The Bertz CT molecular complexity index is 520. The Morgan fingerprint density at radius 2 is 1.05 bits per heavy atom. The van der Waals surface area contributed by atoms with E-state index in [0.29, 0.717) is 0 Å². The molecule has 0 radical (unpaired) electrons. The second-order valence-electron chi connectivity index (χ2n) is 3.66. The molecule has 1 saturated heterocycles. The molecule has 0 aromatic carbocycles. The summed E-state index contributed by atoms with van der Waals surface area (Å²) in [6.07, 6.45) is -13.7. The Balaban J connectivity index is 3.57. The molecule has 0 aromatic heterocycles. The first-order chi connectivity index (χ1) is 8.62. The molecule has 0 unspecified atom stereocenters. The zero-order valence-corrected chi connectivity index (χ0v) is 10.8. The minimum Gasteiger partial charge on any atom is -0.215 e. The fraction of sp³-hybridized carbons (Fsp3) is 1.00. The first-order valence-corrected chi connectivity index (χ1v) is 7.77. The van der Waals surface area contributed by atoms with Gasteiger partial charge in [0.15, 0.2) is 0 Å². The van der Waals surface area contributed by atoms with Crippen molar-refractivity contribution in [2.45, 2.75) is 24.6 Å². The molecule has 0 spiro atoms. The van der Waals surface area contributed by atoms with E-state index >= 15 is 0 Å². The highest BCUT2D eigenvalue weighted by Gasteiger charge is 2.78. The Labute approximate surface area is 108 Å². The molecule has 0 amide bonds. The van der Waals surface area contributed by atoms with Crippen molar-refractivity contribution in [1.29, 1.82) is 0 Å². The highest BCUT2D eigenvalue weighted by molar-refractivity contribution is 7.88. The molecule has 6 nitrogen and oxygen atoms in total. The third kappa shape index (κ3) is 3.35. The molecule has 0 bridgehead atoms. The van der Waals surface area contributed by atoms with Gasteiger partial charge >= 0.3 is 18.1 Å². The van der Waals surface area contributed by atoms with Crippen molar-refractivity contribution in [2.24, 2.45) is 0 Å². The van der Waals surface area contributed by atoms with E-state index in [1.165, 1.54) is 0 Å². The van der Waals surface area contributed by atoms with Gasteiger partial charge in [-0.05, 0) is 6.42 Å². The molecule has 0 aliphatic carbocycles. The SMILES string of the molecule is O=S1(=O)CCCS(=O)(=O)OC(C(F)(F)F)(C(F)(F)F)O1. The Morgan fingerprint density at radius 3 is 1.30 bits per heavy atom. The molecule has 0 saturated carbocycles. The summed E-state index contributed by atoms with van der Waals surface area (Å²) in [5.41, 5.74) is 0. The maximum atomic E-state index is 12.6. The molecular formula is C6H6F6O6S2. The van der Waals surface area contributed by atoms with Crippen molar-refractivity contribution in [3.63, 3.8) is 0 Å². The molecule has 0 atom stereocenters. The third-order valence-electron chi connectivity index (χ3n) is 2.02. The minimum absolute atomic E-state index is 0.767. The van der Waals surface area contributed by atoms with Crippen LogP contribution in [0.1, 0.15) is 6.42 Å². The summed E-state index contributed by atoms with van der Waals surface area (Å²) in [6, 6.07) is 0. The van der Waals surface area contributed by atoms with Gasteiger partial charge in [-0.15, -0.1) is 0 Å². The normalized spacial score (nSPS) is 26.5. The molecule has 0 N–H and O–H groups in total. The predicted molar refractivity (Wildman–Crippen MR) is 49.2 cm³/mol. The topological polar surface area (TPSA) is 86.7 Å². The molecule has 1 aliphatic rings. The van der Waals surface area contributed by atoms with Crippen molar-refractivity contribution < 1.29 is 51.5 Å². The number of alkyl halides is 6. The van der Waals surface area contributed by atoms with Gasteiger partial charge in [-0.3, -0.25) is 0 Å². The van der Waals surface area contributed by atoms with Crippen molar-refractivity contribution in [3.8, 4) is 0 Å². The number of hydrogen-bond acceptors (Lipinski definition) is 6. The van der Waals surface area contributed by atoms with Crippen LogP contribution in [0.5, 0.6) is 0 Å². The highest BCUT2D eigenvalue weighted by atomic mass is 32.2. The quantitative estimate of drug-likeness (QED) is 0.476. The minimum atomic E-state index is -6.48. The van der Waals surface area contributed by atoms with E-state index in [0.717, 1.165) is 0 Å². The maximum absolute atomic E-state index is 12.6. The summed E-state index contributed by atoms with van der Waals surface area (Å²) >= 11 is 0. The number of rotatable bonds is 0. The predicted octanol–water partition coefficient (Wildman–Crippen LogP) is 0.904. The summed E-state index contributed by atoms with van der Waals surface area (Å²) in [5, 5.41) is 0. The van der Waals surface area contributed by atoms with Crippen LogP contribution in [0.4, 0.5) is 26.3 Å². The Kier molecular flexibility index (Phi) is 4.11. The van der Waals surface area contributed by atoms with Crippen molar-refractivity contribution in [3.05, 3.63) is 0 Å². The van der Waals surface area contributed by atoms with E-state index in [4.69, 9.17) is 0 Å². The van der Waals surface area contributed by atoms with Crippen LogP contribution in [0, 0.1) is 0 Å². The number of halogens is 6. The van der Waals surface area contributed by atoms with Gasteiger partial charge in [0.05, 0.1) is 11.5 Å². The monoisotopic (exact) mass is 352 g/mol. The van der Waals surface area contributed by atoms with Crippen molar-refractivity contribution >= 4 is 20.2 Å². The fourth-order valence-electron chi connectivity index (χ4n) is 1.22. The van der Waals surface area contributed by atoms with Crippen LogP contribution in [0.25, 0.3) is 0 Å². The van der Waals surface area contributed by atoms with Gasteiger partial charge in [-0.2, -0.15) is 43.2 Å². The summed E-state index contributed by atoms with van der Waals surface area (Å²) in [5.74, 6) is -8.44. The van der Waals surface area contributed by atoms with Crippen LogP contribution in [0.3, 0.4) is 0 Å². The lowest BCUT2D eigenvalue weighted by atomic mass is 10.3. The van der Waals surface area contributed by atoms with Gasteiger partial charge in [-0.25, -0.2) is 8.37 Å². The lowest BCUT2D eigenvalue weighted by Crippen LogP contribution is -2.63. The zero-order chi connectivity index (χ0) is 16.0. The van der Waals surface area contributed by atoms with E-state index in [9.17, 15) is 43.2 Å². The Hall–Kier alpha value is -0.600. The standard InChI is InChI=1S/C6H6F6O6S2/c7-5(8,9)4(6(10,11)12)17-19(13,14)2-1-3-20(15,16)18-4/h1-3H2. The third-order valence-corrected chi connectivity index (χ3v) is 4.58. The Morgan fingerprint density at radius 1 is 0.750 bits per heavy atom. The van der Waals surface area contributed by atoms with Crippen LogP contribution >= 0.6 is 0 Å². The van der Waals surface area contributed by atoms with Crippen molar-refractivity contribution in [1.82, 2.24) is 0 Å². The molecule has 0 aromatic rings. The van der Waals surface area contributed by atoms with Gasteiger partial charge in [0.1, 0.15) is 0 Å². The van der Waals surface area contributed by atoms with Crippen LogP contribution in [-0.2, 0) is 28.6 Å². The molecule has 1 heterocycles. The summed E-state index contributed by atoms with van der Waals surface area (Å²) in [6.45, 7) is 0. The molecule has 1 rings (SSSR count). The zero-order valence-electron chi connectivity index (χ0n) is 9.16. The van der Waals surface area contributed by atoms with E-state index in [2.05, 4.69) is 8.37 Å². The molecule has 14 heteroatoms. The molecular weight excluding hydrogens is 346 g/mol. The second-order valence-corrected chi connectivity index (χ2v) is 7.04. The smallest absolute Gasteiger partial charge is 0.215 e. The average Bonchev–Trinajstić information content (AvgIpc) is 2.08. The lowest BCUT2D eigenvalue weighted by molar-refractivity contribution is -0.421. The van der Waals surface area contributed by atoms with Crippen LogP contribution < -0.4 is 0 Å². The molecule has 120 valence electrons. The van der Waals surface area contributed by atoms with Gasteiger partial charge in [0.2, 0.25) is 0 Å². The van der Waals surface area contributed by atoms with Crippen LogP contribution in [0.2, 0.25) is 0 Å². The largest absolute Gasteiger partial charge is 0.455 e. The summed E-state index contributed by atoms with van der Waals surface area (Å²) in [7, 11) is -10.6. The summed E-state index contributed by atoms with van der Waals surface area (Å²) in [4.78, 5) is 0. The van der Waals surface area contributed by atoms with Crippen LogP contribution in [-0.4, -0.2) is 46.5 Å². The molecule has 1 aliphatic heterocycles. The average molecular weight is 352 g/mol. The van der Waals surface area contributed by atoms with Gasteiger partial charge in [0.25, 0.3) is 20.2 Å². The lowest BCUT2D eigenvalue weighted by Gasteiger charge is -2.35. The van der Waals surface area contributed by atoms with Gasteiger partial charge in [-0.1, -0.05) is 0 Å². The second kappa shape index (κ2) is 4.71. The first-order valence-electron chi connectivity index (χ1n) is 4.62. The van der Waals surface area contributed by atoms with E-state index in [1.807, 2.05) is 0 Å². The van der Waals surface area contributed by atoms with Crippen LogP contribution in [0.15, 0.2) is 0 Å². The fourth-order valence-corrected chi connectivity index (χ4v) is 3.77. The van der Waals surface area contributed by atoms with Gasteiger partial charge < -0.3 is 0 Å². The highest BCUT2D eigenvalue weighted by Crippen LogP contribution is 2.49. The number of hydrogen-bond donors (Lipinski definition) is 0. The van der Waals surface area contributed by atoms with E-state index in [1.54, 1.807) is 0 Å².